The van der Waals surface area contributed by atoms with Crippen molar-refractivity contribution in [1.82, 2.24) is 0 Å². The van der Waals surface area contributed by atoms with Crippen molar-refractivity contribution in [2.45, 2.75) is 13.8 Å². The minimum absolute atomic E-state index is 0.0664. The quantitative estimate of drug-likeness (QED) is 0.527. The number of rotatable bonds is 3. The van der Waals surface area contributed by atoms with E-state index in [0.29, 0.717) is 28.4 Å². The van der Waals surface area contributed by atoms with Gasteiger partial charge in [-0.25, -0.2) is 4.79 Å². The molecule has 0 saturated heterocycles. The first-order chi connectivity index (χ1) is 10.4. The van der Waals surface area contributed by atoms with E-state index in [9.17, 15) is 9.59 Å². The molecule has 0 aromatic heterocycles. The van der Waals surface area contributed by atoms with Crippen molar-refractivity contribution in [2.24, 2.45) is 0 Å². The monoisotopic (exact) mass is 319 g/mol. The van der Waals surface area contributed by atoms with E-state index >= 15 is 0 Å². The van der Waals surface area contributed by atoms with E-state index in [0.717, 1.165) is 0 Å². The summed E-state index contributed by atoms with van der Waals surface area (Å²) in [5, 5.41) is 0.657. The molecular formula is C17H18ClNO3. The van der Waals surface area contributed by atoms with Crippen molar-refractivity contribution in [3.63, 3.8) is 0 Å². The number of anilines is 1. The van der Waals surface area contributed by atoms with Crippen LogP contribution in [0, 0.1) is 0 Å². The lowest BCUT2D eigenvalue weighted by molar-refractivity contribution is 0.0526. The zero-order chi connectivity index (χ0) is 16.5. The molecule has 0 saturated carbocycles. The maximum Gasteiger partial charge on any atom is 0.338 e. The van der Waals surface area contributed by atoms with Crippen LogP contribution in [0.2, 0.25) is 5.02 Å². The van der Waals surface area contributed by atoms with Gasteiger partial charge in [-0.15, -0.1) is 0 Å². The van der Waals surface area contributed by atoms with Crippen LogP contribution in [0.5, 0.6) is 0 Å². The summed E-state index contributed by atoms with van der Waals surface area (Å²) in [6.07, 6.45) is 0. The molecule has 2 aromatic carbocycles. The van der Waals surface area contributed by atoms with Crippen LogP contribution in [-0.2, 0) is 4.74 Å². The number of carbonyl (C=O) groups is 2. The number of ketones is 1. The summed E-state index contributed by atoms with van der Waals surface area (Å²) in [4.78, 5) is 21.8. The second-order valence-corrected chi connectivity index (χ2v) is 4.84. The van der Waals surface area contributed by atoms with Gasteiger partial charge in [0.2, 0.25) is 0 Å². The fourth-order valence-electron chi connectivity index (χ4n) is 1.52. The van der Waals surface area contributed by atoms with E-state index in [4.69, 9.17) is 22.1 Å². The van der Waals surface area contributed by atoms with E-state index in [-0.39, 0.29) is 11.8 Å². The van der Waals surface area contributed by atoms with Gasteiger partial charge < -0.3 is 10.5 Å². The summed E-state index contributed by atoms with van der Waals surface area (Å²) in [6, 6.07) is 13.5. The van der Waals surface area contributed by atoms with Gasteiger partial charge in [0.15, 0.2) is 5.78 Å². The van der Waals surface area contributed by atoms with Crippen molar-refractivity contribution in [3.05, 3.63) is 64.7 Å². The summed E-state index contributed by atoms with van der Waals surface area (Å²) >= 11 is 5.61. The minimum atomic E-state index is -0.308. The normalized spacial score (nSPS) is 9.41. The van der Waals surface area contributed by atoms with Crippen molar-refractivity contribution in [3.8, 4) is 0 Å². The number of hydrogen-bond donors (Lipinski definition) is 1. The Morgan fingerprint density at radius 1 is 1.00 bits per heavy atom. The molecule has 0 amide bonds. The molecular weight excluding hydrogens is 302 g/mol. The standard InChI is InChI=1S/C9H11NO2.C8H7ClO/c1-2-12-9(11)7-3-5-8(10)6-4-7;1-6(10)7-2-4-8(9)5-3-7/h3-6H,2,10H2,1H3;2-5H,1H3. The van der Waals surface area contributed by atoms with E-state index in [1.165, 1.54) is 6.92 Å². The van der Waals surface area contributed by atoms with Crippen LogP contribution in [0.25, 0.3) is 0 Å². The third-order valence-electron chi connectivity index (χ3n) is 2.67. The molecule has 116 valence electrons. The molecule has 0 aliphatic carbocycles. The van der Waals surface area contributed by atoms with Crippen molar-refractivity contribution >= 4 is 29.0 Å². The molecule has 0 spiro atoms. The van der Waals surface area contributed by atoms with Gasteiger partial charge in [-0.2, -0.15) is 0 Å². The third-order valence-corrected chi connectivity index (χ3v) is 2.92. The van der Waals surface area contributed by atoms with E-state index in [1.54, 1.807) is 55.5 Å². The lowest BCUT2D eigenvalue weighted by Crippen LogP contribution is -2.04. The Labute approximate surface area is 134 Å². The Bertz CT molecular complexity index is 621. The predicted octanol–water partition coefficient (Wildman–Crippen LogP) is 3.99. The highest BCUT2D eigenvalue weighted by molar-refractivity contribution is 6.30. The molecule has 5 heteroatoms. The number of esters is 1. The van der Waals surface area contributed by atoms with Gasteiger partial charge in [0.05, 0.1) is 12.2 Å². The van der Waals surface area contributed by atoms with Crippen LogP contribution in [0.1, 0.15) is 34.6 Å². The summed E-state index contributed by atoms with van der Waals surface area (Å²) < 4.78 is 4.79. The molecule has 0 atom stereocenters. The van der Waals surface area contributed by atoms with Crippen LogP contribution in [0.4, 0.5) is 5.69 Å². The number of benzene rings is 2. The van der Waals surface area contributed by atoms with Gasteiger partial charge in [-0.1, -0.05) is 11.6 Å². The van der Waals surface area contributed by atoms with Gasteiger partial charge in [0.25, 0.3) is 0 Å². The SMILES string of the molecule is CC(=O)c1ccc(Cl)cc1.CCOC(=O)c1ccc(N)cc1. The largest absolute Gasteiger partial charge is 0.462 e. The first-order valence-electron chi connectivity index (χ1n) is 6.73. The van der Waals surface area contributed by atoms with Crippen LogP contribution in [0.15, 0.2) is 48.5 Å². The summed E-state index contributed by atoms with van der Waals surface area (Å²) in [6.45, 7) is 3.70. The Balaban J connectivity index is 0.000000224. The molecule has 0 aliphatic heterocycles. The first-order valence-corrected chi connectivity index (χ1v) is 7.11. The Hall–Kier alpha value is -2.33. The molecule has 22 heavy (non-hydrogen) atoms. The first kappa shape index (κ1) is 17.7. The number of ether oxygens (including phenoxy) is 1. The lowest BCUT2D eigenvalue weighted by Gasteiger charge is -2.00. The molecule has 0 aliphatic rings. The van der Waals surface area contributed by atoms with Gasteiger partial charge in [0.1, 0.15) is 0 Å². The third kappa shape index (κ3) is 5.97. The Morgan fingerprint density at radius 2 is 1.50 bits per heavy atom. The molecule has 2 aromatic rings. The van der Waals surface area contributed by atoms with Crippen molar-refractivity contribution < 1.29 is 14.3 Å². The van der Waals surface area contributed by atoms with Crippen LogP contribution >= 0.6 is 11.6 Å². The number of nitrogen functional groups attached to an aromatic ring is 1. The highest BCUT2D eigenvalue weighted by Gasteiger charge is 2.03. The average molecular weight is 320 g/mol. The zero-order valence-electron chi connectivity index (χ0n) is 12.5. The molecule has 0 radical (unpaired) electrons. The minimum Gasteiger partial charge on any atom is -0.462 e. The second-order valence-electron chi connectivity index (χ2n) is 4.41. The van der Waals surface area contributed by atoms with Gasteiger partial charge in [-0.3, -0.25) is 4.79 Å². The fourth-order valence-corrected chi connectivity index (χ4v) is 1.64. The van der Waals surface area contributed by atoms with Crippen LogP contribution < -0.4 is 5.73 Å². The number of Topliss-reactive ketones (excluding diaryl/α,β-unsaturated/α-hetero) is 1. The molecule has 0 heterocycles. The topological polar surface area (TPSA) is 69.4 Å². The predicted molar refractivity (Wildman–Crippen MR) is 88.3 cm³/mol. The highest BCUT2D eigenvalue weighted by Crippen LogP contribution is 2.09. The van der Waals surface area contributed by atoms with Crippen molar-refractivity contribution in [2.75, 3.05) is 12.3 Å². The molecule has 2 N–H and O–H groups in total. The lowest BCUT2D eigenvalue weighted by atomic mass is 10.2. The maximum atomic E-state index is 11.1. The van der Waals surface area contributed by atoms with E-state index in [1.807, 2.05) is 0 Å². The van der Waals surface area contributed by atoms with Crippen molar-refractivity contribution in [1.29, 1.82) is 0 Å². The number of carbonyl (C=O) groups excluding carboxylic acids is 2. The average Bonchev–Trinajstić information content (AvgIpc) is 2.49. The zero-order valence-corrected chi connectivity index (χ0v) is 13.3. The highest BCUT2D eigenvalue weighted by atomic mass is 35.5. The second kappa shape index (κ2) is 8.85. The molecule has 0 bridgehead atoms. The Morgan fingerprint density at radius 3 is 1.95 bits per heavy atom. The Kier molecular flexibility index (Phi) is 7.13. The molecule has 4 nitrogen and oxygen atoms in total. The van der Waals surface area contributed by atoms with Crippen LogP contribution in [0.3, 0.4) is 0 Å². The maximum absolute atomic E-state index is 11.1. The number of hydrogen-bond acceptors (Lipinski definition) is 4. The molecule has 0 fully saturated rings. The molecule has 2 rings (SSSR count). The summed E-state index contributed by atoms with van der Waals surface area (Å²) in [5.74, 6) is -0.242. The fraction of sp³-hybridized carbons (Fsp3) is 0.176. The number of nitrogens with two attached hydrogens (primary N) is 1. The smallest absolute Gasteiger partial charge is 0.338 e. The van der Waals surface area contributed by atoms with E-state index < -0.39 is 0 Å². The number of halogens is 1. The van der Waals surface area contributed by atoms with Crippen LogP contribution in [-0.4, -0.2) is 18.4 Å². The molecule has 0 unspecified atom stereocenters. The summed E-state index contributed by atoms with van der Waals surface area (Å²) in [5.41, 5.74) is 7.32. The van der Waals surface area contributed by atoms with Gasteiger partial charge in [-0.05, 0) is 62.4 Å². The van der Waals surface area contributed by atoms with Gasteiger partial charge >= 0.3 is 5.97 Å². The van der Waals surface area contributed by atoms with Gasteiger partial charge in [0, 0.05) is 16.3 Å². The van der Waals surface area contributed by atoms with E-state index in [2.05, 4.69) is 0 Å². The summed E-state index contributed by atoms with van der Waals surface area (Å²) in [7, 11) is 0.